The molecule has 4 N–H and O–H groups in total. The van der Waals surface area contributed by atoms with Gasteiger partial charge in [0.1, 0.15) is 0 Å². The van der Waals surface area contributed by atoms with Crippen molar-refractivity contribution in [3.05, 3.63) is 24.3 Å². The van der Waals surface area contributed by atoms with Gasteiger partial charge in [-0.05, 0) is 92.8 Å². The lowest BCUT2D eigenvalue weighted by Crippen LogP contribution is -2.61. The van der Waals surface area contributed by atoms with E-state index in [2.05, 4.69) is 10.0 Å². The summed E-state index contributed by atoms with van der Waals surface area (Å²) in [6.07, 6.45) is 7.36. The van der Waals surface area contributed by atoms with Gasteiger partial charge in [-0.25, -0.2) is 8.42 Å². The Kier molecular flexibility index (Phi) is 3.76. The maximum Gasteiger partial charge on any atom is 0.263 e. The molecular formula is C17H23N3O2S2. The van der Waals surface area contributed by atoms with E-state index < -0.39 is 10.0 Å². The monoisotopic (exact) mass is 365 g/mol. The predicted molar refractivity (Wildman–Crippen MR) is 97.8 cm³/mol. The molecule has 5 nitrogen and oxygen atoms in total. The summed E-state index contributed by atoms with van der Waals surface area (Å²) < 4.78 is 27.4. The molecule has 1 aromatic carbocycles. The first-order valence-electron chi connectivity index (χ1n) is 8.54. The molecule has 130 valence electrons. The highest BCUT2D eigenvalue weighted by Crippen LogP contribution is 2.55. The van der Waals surface area contributed by atoms with E-state index in [0.29, 0.717) is 5.69 Å². The summed E-state index contributed by atoms with van der Waals surface area (Å²) in [6.45, 7) is 0. The summed E-state index contributed by atoms with van der Waals surface area (Å²) in [7, 11) is -3.67. The minimum Gasteiger partial charge on any atom is -0.399 e. The zero-order chi connectivity index (χ0) is 16.9. The van der Waals surface area contributed by atoms with E-state index in [1.807, 2.05) is 0 Å². The van der Waals surface area contributed by atoms with Crippen LogP contribution in [0.5, 0.6) is 0 Å². The quantitative estimate of drug-likeness (QED) is 0.566. The Morgan fingerprint density at radius 2 is 1.54 bits per heavy atom. The molecule has 0 atom stereocenters. The van der Waals surface area contributed by atoms with Gasteiger partial charge in [0.2, 0.25) is 0 Å². The van der Waals surface area contributed by atoms with Crippen molar-refractivity contribution in [3.63, 3.8) is 0 Å². The molecule has 0 aliphatic heterocycles. The number of anilines is 1. The number of rotatable bonds is 3. The van der Waals surface area contributed by atoms with Gasteiger partial charge in [0.05, 0.1) is 4.90 Å². The normalized spacial score (nSPS) is 34.1. The molecule has 0 unspecified atom stereocenters. The molecule has 5 rings (SSSR count). The summed E-state index contributed by atoms with van der Waals surface area (Å²) in [5.41, 5.74) is 6.14. The summed E-state index contributed by atoms with van der Waals surface area (Å²) in [6, 6.07) is 6.13. The van der Waals surface area contributed by atoms with Gasteiger partial charge in [-0.2, -0.15) is 0 Å². The Morgan fingerprint density at radius 3 is 2.04 bits per heavy atom. The zero-order valence-electron chi connectivity index (χ0n) is 13.5. The van der Waals surface area contributed by atoms with E-state index in [4.69, 9.17) is 18.0 Å². The molecule has 0 heterocycles. The number of thiocarbonyl (C=S) groups is 1. The molecule has 1 aromatic rings. The highest BCUT2D eigenvalue weighted by molar-refractivity contribution is 7.91. The van der Waals surface area contributed by atoms with Crippen LogP contribution in [0.25, 0.3) is 0 Å². The summed E-state index contributed by atoms with van der Waals surface area (Å²) in [4.78, 5) is 0.173. The zero-order valence-corrected chi connectivity index (χ0v) is 15.1. The van der Waals surface area contributed by atoms with Crippen LogP contribution in [0.15, 0.2) is 29.2 Å². The van der Waals surface area contributed by atoms with Crippen molar-refractivity contribution in [2.75, 3.05) is 5.73 Å². The van der Waals surface area contributed by atoms with Crippen LogP contribution in [-0.2, 0) is 10.0 Å². The van der Waals surface area contributed by atoms with Crippen molar-refractivity contribution in [2.45, 2.75) is 49.0 Å². The van der Waals surface area contributed by atoms with E-state index in [1.54, 1.807) is 12.1 Å². The highest BCUT2D eigenvalue weighted by Gasteiger charge is 2.51. The van der Waals surface area contributed by atoms with Crippen molar-refractivity contribution in [1.82, 2.24) is 10.0 Å². The van der Waals surface area contributed by atoms with Crippen LogP contribution in [-0.4, -0.2) is 19.1 Å². The van der Waals surface area contributed by atoms with Crippen LogP contribution >= 0.6 is 12.2 Å². The molecule has 24 heavy (non-hydrogen) atoms. The number of nitrogens with one attached hydrogen (secondary N) is 2. The lowest BCUT2D eigenvalue weighted by atomic mass is 9.53. The second kappa shape index (κ2) is 5.59. The van der Waals surface area contributed by atoms with E-state index in [-0.39, 0.29) is 15.5 Å². The Bertz CT molecular complexity index is 723. The molecule has 7 heteroatoms. The summed E-state index contributed by atoms with van der Waals surface area (Å²) in [5.74, 6) is 2.33. The molecule has 4 saturated carbocycles. The fraction of sp³-hybridized carbons (Fsp3) is 0.588. The van der Waals surface area contributed by atoms with Gasteiger partial charge >= 0.3 is 0 Å². The second-order valence-electron chi connectivity index (χ2n) is 7.83. The van der Waals surface area contributed by atoms with Crippen molar-refractivity contribution < 1.29 is 8.42 Å². The minimum absolute atomic E-state index is 0.00449. The number of nitrogens with two attached hydrogens (primary N) is 1. The minimum atomic E-state index is -3.67. The predicted octanol–water partition coefficient (Wildman–Crippen LogP) is 2.39. The summed E-state index contributed by atoms with van der Waals surface area (Å²) in [5, 5.41) is 3.59. The SMILES string of the molecule is Nc1ccc(S(=O)(=O)NC(=S)NC23CC4CC(CC(C4)C2)C3)cc1. The highest BCUT2D eigenvalue weighted by atomic mass is 32.2. The lowest BCUT2D eigenvalue weighted by Gasteiger charge is -2.57. The van der Waals surface area contributed by atoms with Crippen molar-refractivity contribution in [1.29, 1.82) is 0 Å². The molecule has 4 fully saturated rings. The molecule has 0 radical (unpaired) electrons. The van der Waals surface area contributed by atoms with E-state index in [1.165, 1.54) is 31.4 Å². The van der Waals surface area contributed by atoms with E-state index in [0.717, 1.165) is 37.0 Å². The first kappa shape index (κ1) is 16.1. The first-order chi connectivity index (χ1) is 11.3. The van der Waals surface area contributed by atoms with Crippen LogP contribution in [0.3, 0.4) is 0 Å². The Hall–Kier alpha value is -1.34. The number of hydrogen-bond acceptors (Lipinski definition) is 4. The van der Waals surface area contributed by atoms with Gasteiger partial charge in [0, 0.05) is 11.2 Å². The Balaban J connectivity index is 1.46. The van der Waals surface area contributed by atoms with E-state index >= 15 is 0 Å². The van der Waals surface area contributed by atoms with Gasteiger partial charge in [0.15, 0.2) is 5.11 Å². The molecule has 0 aromatic heterocycles. The molecule has 4 aliphatic carbocycles. The van der Waals surface area contributed by atoms with Crippen molar-refractivity contribution in [3.8, 4) is 0 Å². The second-order valence-corrected chi connectivity index (χ2v) is 9.92. The number of sulfonamides is 1. The molecule has 0 amide bonds. The maximum atomic E-state index is 12.5. The molecule has 0 saturated heterocycles. The Morgan fingerprint density at radius 1 is 1.04 bits per heavy atom. The lowest BCUT2D eigenvalue weighted by molar-refractivity contribution is -0.00996. The first-order valence-corrected chi connectivity index (χ1v) is 10.4. The largest absolute Gasteiger partial charge is 0.399 e. The van der Waals surface area contributed by atoms with Crippen molar-refractivity contribution in [2.24, 2.45) is 17.8 Å². The molecule has 4 aliphatic rings. The third-order valence-electron chi connectivity index (χ3n) is 5.83. The van der Waals surface area contributed by atoms with Crippen LogP contribution in [0.4, 0.5) is 5.69 Å². The molecule has 4 bridgehead atoms. The van der Waals surface area contributed by atoms with Crippen LogP contribution in [0, 0.1) is 17.8 Å². The van der Waals surface area contributed by atoms with Gasteiger partial charge in [-0.1, -0.05) is 0 Å². The third-order valence-corrected chi connectivity index (χ3v) is 7.53. The van der Waals surface area contributed by atoms with Crippen LogP contribution in [0.1, 0.15) is 38.5 Å². The fourth-order valence-corrected chi connectivity index (χ4v) is 6.81. The maximum absolute atomic E-state index is 12.5. The average Bonchev–Trinajstić information content (AvgIpc) is 2.44. The van der Waals surface area contributed by atoms with Gasteiger partial charge in [-0.15, -0.1) is 0 Å². The molecular weight excluding hydrogens is 342 g/mol. The van der Waals surface area contributed by atoms with Crippen LogP contribution < -0.4 is 15.8 Å². The standard InChI is InChI=1S/C17H23N3O2S2/c18-14-1-3-15(4-2-14)24(21,22)20-16(23)19-17-8-11-5-12(9-17)7-13(6-11)10-17/h1-4,11-13H,5-10,18H2,(H2,19,20,23). The topological polar surface area (TPSA) is 84.2 Å². The van der Waals surface area contributed by atoms with Crippen molar-refractivity contribution >= 4 is 33.0 Å². The number of benzene rings is 1. The smallest absolute Gasteiger partial charge is 0.263 e. The Labute approximate surface area is 148 Å². The fourth-order valence-electron chi connectivity index (χ4n) is 5.36. The number of hydrogen-bond donors (Lipinski definition) is 3. The van der Waals surface area contributed by atoms with Gasteiger partial charge in [-0.3, -0.25) is 4.72 Å². The van der Waals surface area contributed by atoms with E-state index in [9.17, 15) is 8.42 Å². The summed E-state index contributed by atoms with van der Waals surface area (Å²) >= 11 is 5.34. The van der Waals surface area contributed by atoms with Gasteiger partial charge < -0.3 is 11.1 Å². The third kappa shape index (κ3) is 2.99. The molecule has 0 spiro atoms. The average molecular weight is 366 g/mol. The van der Waals surface area contributed by atoms with Crippen LogP contribution in [0.2, 0.25) is 0 Å². The van der Waals surface area contributed by atoms with Gasteiger partial charge in [0.25, 0.3) is 10.0 Å². The number of nitrogen functional groups attached to an aromatic ring is 1.